The van der Waals surface area contributed by atoms with Gasteiger partial charge in [-0.2, -0.15) is 0 Å². The van der Waals surface area contributed by atoms with Crippen LogP contribution in [0.4, 0.5) is 17.6 Å². The molecule has 0 amide bonds. The van der Waals surface area contributed by atoms with E-state index in [0.717, 1.165) is 0 Å². The Hall–Kier alpha value is -1.39. The van der Waals surface area contributed by atoms with Gasteiger partial charge in [0.2, 0.25) is 0 Å². The lowest BCUT2D eigenvalue weighted by Crippen LogP contribution is -1.99. The fraction of sp³-hybridized carbons (Fsp3) is 0.125. The summed E-state index contributed by atoms with van der Waals surface area (Å²) in [6.45, 7) is 0. The molecule has 0 saturated heterocycles. The predicted octanol–water partition coefficient (Wildman–Crippen LogP) is 2.71. The average Bonchev–Trinajstić information content (AvgIpc) is 2.01. The summed E-state index contributed by atoms with van der Waals surface area (Å²) in [6, 6.07) is 0.881. The van der Waals surface area contributed by atoms with Crippen molar-refractivity contribution in [3.63, 3.8) is 0 Å². The summed E-state index contributed by atoms with van der Waals surface area (Å²) in [5, 5.41) is 0. The zero-order chi connectivity index (χ0) is 10.0. The molecule has 0 fully saturated rings. The van der Waals surface area contributed by atoms with E-state index in [4.69, 9.17) is 0 Å². The van der Waals surface area contributed by atoms with E-state index < -0.39 is 29.2 Å². The van der Waals surface area contributed by atoms with Gasteiger partial charge in [-0.05, 0) is 6.07 Å². The standard InChI is InChI=1S/C8H4F4O/c9-5-1-4(3-13)7(8(11)12)6(10)2-5/h1-3,8H. The molecule has 70 valence electrons. The molecule has 0 atom stereocenters. The molecule has 1 nitrogen and oxygen atoms in total. The molecule has 0 aliphatic rings. The van der Waals surface area contributed by atoms with E-state index in [9.17, 15) is 22.4 Å². The first kappa shape index (κ1) is 9.70. The number of hydrogen-bond donors (Lipinski definition) is 0. The number of rotatable bonds is 2. The molecule has 5 heteroatoms. The van der Waals surface area contributed by atoms with Crippen molar-refractivity contribution in [2.24, 2.45) is 0 Å². The van der Waals surface area contributed by atoms with Crippen LogP contribution in [0, 0.1) is 11.6 Å². The highest BCUT2D eigenvalue weighted by atomic mass is 19.3. The molecule has 0 aliphatic heterocycles. The fourth-order valence-electron chi connectivity index (χ4n) is 0.932. The molecule has 1 rings (SSSR count). The lowest BCUT2D eigenvalue weighted by atomic mass is 10.1. The fourth-order valence-corrected chi connectivity index (χ4v) is 0.932. The van der Waals surface area contributed by atoms with Gasteiger partial charge in [0, 0.05) is 11.6 Å². The normalized spacial score (nSPS) is 10.5. The van der Waals surface area contributed by atoms with Crippen LogP contribution in [0.3, 0.4) is 0 Å². The van der Waals surface area contributed by atoms with Crippen molar-refractivity contribution in [3.8, 4) is 0 Å². The van der Waals surface area contributed by atoms with Gasteiger partial charge in [0.05, 0.1) is 5.56 Å². The molecular weight excluding hydrogens is 188 g/mol. The zero-order valence-electron chi connectivity index (χ0n) is 6.23. The number of hydrogen-bond acceptors (Lipinski definition) is 1. The van der Waals surface area contributed by atoms with Crippen LogP contribution in [-0.4, -0.2) is 6.29 Å². The van der Waals surface area contributed by atoms with Gasteiger partial charge in [-0.1, -0.05) is 0 Å². The van der Waals surface area contributed by atoms with Crippen LogP contribution in [0.5, 0.6) is 0 Å². The highest BCUT2D eigenvalue weighted by molar-refractivity contribution is 5.77. The average molecular weight is 192 g/mol. The summed E-state index contributed by atoms with van der Waals surface area (Å²) in [5.41, 5.74) is -1.72. The molecule has 0 N–H and O–H groups in total. The SMILES string of the molecule is O=Cc1cc(F)cc(F)c1C(F)F. The minimum Gasteiger partial charge on any atom is -0.298 e. The smallest absolute Gasteiger partial charge is 0.267 e. The van der Waals surface area contributed by atoms with E-state index in [1.165, 1.54) is 0 Å². The van der Waals surface area contributed by atoms with Crippen molar-refractivity contribution in [1.82, 2.24) is 0 Å². The Labute approximate surface area is 71.0 Å². The lowest BCUT2D eigenvalue weighted by molar-refractivity contribution is 0.110. The van der Waals surface area contributed by atoms with Crippen LogP contribution in [0.2, 0.25) is 0 Å². The predicted molar refractivity (Wildman–Crippen MR) is 36.7 cm³/mol. The third kappa shape index (κ3) is 1.85. The van der Waals surface area contributed by atoms with Gasteiger partial charge in [0.1, 0.15) is 11.6 Å². The Kier molecular flexibility index (Phi) is 2.65. The van der Waals surface area contributed by atoms with E-state index >= 15 is 0 Å². The maximum Gasteiger partial charge on any atom is 0.267 e. The first-order valence-corrected chi connectivity index (χ1v) is 3.28. The summed E-state index contributed by atoms with van der Waals surface area (Å²) in [5.74, 6) is -2.46. The first-order valence-electron chi connectivity index (χ1n) is 3.28. The van der Waals surface area contributed by atoms with Gasteiger partial charge in [0.15, 0.2) is 6.29 Å². The van der Waals surface area contributed by atoms with Crippen molar-refractivity contribution in [2.45, 2.75) is 6.43 Å². The maximum absolute atomic E-state index is 12.7. The number of aldehydes is 1. The van der Waals surface area contributed by atoms with Gasteiger partial charge in [-0.3, -0.25) is 4.79 Å². The largest absolute Gasteiger partial charge is 0.298 e. The van der Waals surface area contributed by atoms with E-state index in [0.29, 0.717) is 12.1 Å². The molecule has 1 aromatic carbocycles. The minimum absolute atomic E-state index is 0.00630. The second-order valence-electron chi connectivity index (χ2n) is 2.31. The van der Waals surface area contributed by atoms with Crippen LogP contribution in [0.15, 0.2) is 12.1 Å². The molecule has 0 bridgehead atoms. The molecule has 0 unspecified atom stereocenters. The molecule has 0 spiro atoms. The van der Waals surface area contributed by atoms with Gasteiger partial charge in [-0.25, -0.2) is 17.6 Å². The highest BCUT2D eigenvalue weighted by Gasteiger charge is 2.19. The second-order valence-corrected chi connectivity index (χ2v) is 2.31. The number of benzene rings is 1. The van der Waals surface area contributed by atoms with Crippen LogP contribution in [-0.2, 0) is 0 Å². The van der Waals surface area contributed by atoms with Gasteiger partial charge in [-0.15, -0.1) is 0 Å². The molecule has 0 saturated carbocycles. The van der Waals surface area contributed by atoms with Gasteiger partial charge < -0.3 is 0 Å². The summed E-state index contributed by atoms with van der Waals surface area (Å²) in [6.07, 6.45) is -3.13. The van der Waals surface area contributed by atoms with Crippen molar-refractivity contribution >= 4 is 6.29 Å². The number of carbonyl (C=O) groups is 1. The Morgan fingerprint density at radius 3 is 2.31 bits per heavy atom. The zero-order valence-corrected chi connectivity index (χ0v) is 6.23. The van der Waals surface area contributed by atoms with Crippen LogP contribution < -0.4 is 0 Å². The molecule has 0 aromatic heterocycles. The van der Waals surface area contributed by atoms with E-state index in [1.807, 2.05) is 0 Å². The molecule has 1 aromatic rings. The van der Waals surface area contributed by atoms with Crippen molar-refractivity contribution < 1.29 is 22.4 Å². The quantitative estimate of drug-likeness (QED) is 0.520. The molecule has 0 radical (unpaired) electrons. The Bertz CT molecular complexity index is 335. The first-order chi connectivity index (χ1) is 6.06. The van der Waals surface area contributed by atoms with Crippen LogP contribution in [0.1, 0.15) is 22.3 Å². The summed E-state index contributed by atoms with van der Waals surface area (Å²) >= 11 is 0. The Morgan fingerprint density at radius 1 is 1.23 bits per heavy atom. The molecule has 0 heterocycles. The van der Waals surface area contributed by atoms with Crippen molar-refractivity contribution in [3.05, 3.63) is 34.9 Å². The van der Waals surface area contributed by atoms with Crippen molar-refractivity contribution in [1.29, 1.82) is 0 Å². The lowest BCUT2D eigenvalue weighted by Gasteiger charge is -2.04. The minimum atomic E-state index is -3.12. The molecule has 0 aliphatic carbocycles. The third-order valence-corrected chi connectivity index (χ3v) is 1.47. The second kappa shape index (κ2) is 3.55. The number of carbonyl (C=O) groups excluding carboxylic acids is 1. The van der Waals surface area contributed by atoms with Crippen molar-refractivity contribution in [2.75, 3.05) is 0 Å². The van der Waals surface area contributed by atoms with Gasteiger partial charge in [0.25, 0.3) is 6.43 Å². The highest BCUT2D eigenvalue weighted by Crippen LogP contribution is 2.25. The number of alkyl halides is 2. The number of halogens is 4. The molecule has 13 heavy (non-hydrogen) atoms. The molecular formula is C8H4F4O. The Balaban J connectivity index is 3.38. The summed E-state index contributed by atoms with van der Waals surface area (Å²) in [4.78, 5) is 10.2. The van der Waals surface area contributed by atoms with Crippen LogP contribution >= 0.6 is 0 Å². The van der Waals surface area contributed by atoms with E-state index in [-0.39, 0.29) is 6.29 Å². The van der Waals surface area contributed by atoms with E-state index in [1.54, 1.807) is 0 Å². The summed E-state index contributed by atoms with van der Waals surface area (Å²) < 4.78 is 49.3. The van der Waals surface area contributed by atoms with Crippen LogP contribution in [0.25, 0.3) is 0 Å². The Morgan fingerprint density at radius 2 is 1.85 bits per heavy atom. The topological polar surface area (TPSA) is 17.1 Å². The van der Waals surface area contributed by atoms with E-state index in [2.05, 4.69) is 0 Å². The third-order valence-electron chi connectivity index (χ3n) is 1.47. The monoisotopic (exact) mass is 192 g/mol. The maximum atomic E-state index is 12.7. The van der Waals surface area contributed by atoms with Gasteiger partial charge >= 0.3 is 0 Å². The summed E-state index contributed by atoms with van der Waals surface area (Å²) in [7, 11) is 0.